The van der Waals surface area contributed by atoms with Crippen LogP contribution in [0.25, 0.3) is 5.57 Å². The number of aromatic hydroxyl groups is 1. The zero-order valence-electron chi connectivity index (χ0n) is 6.55. The third-order valence-electron chi connectivity index (χ3n) is 1.59. The standard InChI is InChI=1S/C9H10FNO/c1-6(5-11)8-4-7(10)2-3-9(8)12/h2-4,12H,1,5,11H2. The maximum absolute atomic E-state index is 12.7. The van der Waals surface area contributed by atoms with Gasteiger partial charge in [-0.1, -0.05) is 6.58 Å². The van der Waals surface area contributed by atoms with E-state index in [1.165, 1.54) is 18.2 Å². The summed E-state index contributed by atoms with van der Waals surface area (Å²) >= 11 is 0. The Morgan fingerprint density at radius 2 is 2.25 bits per heavy atom. The number of rotatable bonds is 2. The van der Waals surface area contributed by atoms with Crippen LogP contribution in [-0.2, 0) is 0 Å². The van der Waals surface area contributed by atoms with E-state index >= 15 is 0 Å². The highest BCUT2D eigenvalue weighted by molar-refractivity contribution is 5.69. The summed E-state index contributed by atoms with van der Waals surface area (Å²) in [5, 5.41) is 9.25. The van der Waals surface area contributed by atoms with E-state index in [1.807, 2.05) is 0 Å². The zero-order chi connectivity index (χ0) is 9.14. The molecule has 0 spiro atoms. The predicted octanol–water partition coefficient (Wildman–Crippen LogP) is 1.50. The normalized spacial score (nSPS) is 9.83. The van der Waals surface area contributed by atoms with Crippen LogP contribution in [0.2, 0.25) is 0 Å². The Morgan fingerprint density at radius 3 is 2.83 bits per heavy atom. The van der Waals surface area contributed by atoms with Crippen molar-refractivity contribution in [2.75, 3.05) is 6.54 Å². The van der Waals surface area contributed by atoms with Crippen molar-refractivity contribution in [1.82, 2.24) is 0 Å². The van der Waals surface area contributed by atoms with E-state index in [-0.39, 0.29) is 12.3 Å². The molecule has 2 nitrogen and oxygen atoms in total. The smallest absolute Gasteiger partial charge is 0.124 e. The molecule has 3 heteroatoms. The molecule has 12 heavy (non-hydrogen) atoms. The van der Waals surface area contributed by atoms with E-state index in [1.54, 1.807) is 0 Å². The van der Waals surface area contributed by atoms with E-state index in [9.17, 15) is 9.50 Å². The van der Waals surface area contributed by atoms with Gasteiger partial charge in [-0.3, -0.25) is 0 Å². The Morgan fingerprint density at radius 1 is 1.58 bits per heavy atom. The van der Waals surface area contributed by atoms with E-state index in [4.69, 9.17) is 5.73 Å². The fraction of sp³-hybridized carbons (Fsp3) is 0.111. The molecule has 1 aromatic rings. The molecular formula is C9H10FNO. The molecule has 0 bridgehead atoms. The van der Waals surface area contributed by atoms with E-state index < -0.39 is 5.82 Å². The third-order valence-corrected chi connectivity index (χ3v) is 1.59. The van der Waals surface area contributed by atoms with Gasteiger partial charge in [-0.05, 0) is 23.8 Å². The van der Waals surface area contributed by atoms with Crippen molar-refractivity contribution in [3.8, 4) is 5.75 Å². The Balaban J connectivity index is 3.13. The fourth-order valence-corrected chi connectivity index (χ4v) is 0.901. The molecule has 64 valence electrons. The lowest BCUT2D eigenvalue weighted by Crippen LogP contribution is -2.01. The summed E-state index contributed by atoms with van der Waals surface area (Å²) in [6.45, 7) is 3.80. The second kappa shape index (κ2) is 3.36. The number of phenols is 1. The quantitative estimate of drug-likeness (QED) is 0.701. The highest BCUT2D eigenvalue weighted by atomic mass is 19.1. The summed E-state index contributed by atoms with van der Waals surface area (Å²) in [5.41, 5.74) is 6.18. The molecule has 0 aliphatic rings. The lowest BCUT2D eigenvalue weighted by molar-refractivity contribution is 0.471. The van der Waals surface area contributed by atoms with Gasteiger partial charge >= 0.3 is 0 Å². The van der Waals surface area contributed by atoms with Crippen LogP contribution in [0.5, 0.6) is 5.75 Å². The van der Waals surface area contributed by atoms with Crippen molar-refractivity contribution in [3.05, 3.63) is 36.2 Å². The van der Waals surface area contributed by atoms with Crippen LogP contribution >= 0.6 is 0 Å². The molecule has 0 atom stereocenters. The summed E-state index contributed by atoms with van der Waals surface area (Å²) in [6.07, 6.45) is 0. The Hall–Kier alpha value is -1.35. The van der Waals surface area contributed by atoms with Crippen molar-refractivity contribution >= 4 is 5.57 Å². The maximum Gasteiger partial charge on any atom is 0.124 e. The highest BCUT2D eigenvalue weighted by Gasteiger charge is 2.04. The number of hydrogen-bond acceptors (Lipinski definition) is 2. The second-order valence-corrected chi connectivity index (χ2v) is 2.47. The minimum atomic E-state index is -0.405. The molecule has 0 saturated heterocycles. The molecule has 0 aliphatic carbocycles. The Bertz CT molecular complexity index is 309. The van der Waals surface area contributed by atoms with Gasteiger partial charge in [0.25, 0.3) is 0 Å². The van der Waals surface area contributed by atoms with Gasteiger partial charge in [0.2, 0.25) is 0 Å². The number of nitrogens with two attached hydrogens (primary N) is 1. The average Bonchev–Trinajstić information content (AvgIpc) is 2.08. The van der Waals surface area contributed by atoms with Crippen LogP contribution in [0, 0.1) is 5.82 Å². The summed E-state index contributed by atoms with van der Waals surface area (Å²) < 4.78 is 12.7. The van der Waals surface area contributed by atoms with Gasteiger partial charge in [0, 0.05) is 12.1 Å². The summed E-state index contributed by atoms with van der Waals surface area (Å²) in [6, 6.07) is 3.68. The first-order chi connectivity index (χ1) is 5.65. The summed E-state index contributed by atoms with van der Waals surface area (Å²) in [7, 11) is 0. The van der Waals surface area contributed by atoms with Crippen molar-refractivity contribution in [1.29, 1.82) is 0 Å². The molecular weight excluding hydrogens is 157 g/mol. The first-order valence-corrected chi connectivity index (χ1v) is 3.52. The Kier molecular flexibility index (Phi) is 2.45. The molecule has 0 aliphatic heterocycles. The average molecular weight is 167 g/mol. The first-order valence-electron chi connectivity index (χ1n) is 3.52. The highest BCUT2D eigenvalue weighted by Crippen LogP contribution is 2.23. The van der Waals surface area contributed by atoms with Gasteiger partial charge in [0.15, 0.2) is 0 Å². The van der Waals surface area contributed by atoms with E-state index in [2.05, 4.69) is 6.58 Å². The van der Waals surface area contributed by atoms with Crippen molar-refractivity contribution in [2.24, 2.45) is 5.73 Å². The van der Waals surface area contributed by atoms with Crippen molar-refractivity contribution in [3.63, 3.8) is 0 Å². The maximum atomic E-state index is 12.7. The summed E-state index contributed by atoms with van der Waals surface area (Å²) in [4.78, 5) is 0. The molecule has 3 N–H and O–H groups in total. The first kappa shape index (κ1) is 8.74. The molecule has 1 rings (SSSR count). The van der Waals surface area contributed by atoms with Crippen molar-refractivity contribution in [2.45, 2.75) is 0 Å². The van der Waals surface area contributed by atoms with Crippen LogP contribution in [0.4, 0.5) is 4.39 Å². The largest absolute Gasteiger partial charge is 0.507 e. The van der Waals surface area contributed by atoms with Crippen molar-refractivity contribution < 1.29 is 9.50 Å². The summed E-state index contributed by atoms with van der Waals surface area (Å²) in [5.74, 6) is -0.399. The molecule has 0 aromatic heterocycles. The van der Waals surface area contributed by atoms with Gasteiger partial charge in [-0.2, -0.15) is 0 Å². The predicted molar refractivity (Wildman–Crippen MR) is 46.2 cm³/mol. The SMILES string of the molecule is C=C(CN)c1cc(F)ccc1O. The van der Waals surface area contributed by atoms with Gasteiger partial charge in [0.05, 0.1) is 0 Å². The van der Waals surface area contributed by atoms with Gasteiger partial charge in [-0.25, -0.2) is 4.39 Å². The van der Waals surface area contributed by atoms with Crippen LogP contribution in [0.1, 0.15) is 5.56 Å². The molecule has 0 radical (unpaired) electrons. The van der Waals surface area contributed by atoms with Crippen LogP contribution in [0.3, 0.4) is 0 Å². The third kappa shape index (κ3) is 1.62. The number of halogens is 1. The van der Waals surface area contributed by atoms with Gasteiger partial charge in [-0.15, -0.1) is 0 Å². The minimum Gasteiger partial charge on any atom is -0.507 e. The zero-order valence-corrected chi connectivity index (χ0v) is 6.55. The van der Waals surface area contributed by atoms with Gasteiger partial charge in [0.1, 0.15) is 11.6 Å². The lowest BCUT2D eigenvalue weighted by atomic mass is 10.1. The van der Waals surface area contributed by atoms with Crippen LogP contribution in [-0.4, -0.2) is 11.7 Å². The fourth-order valence-electron chi connectivity index (χ4n) is 0.901. The molecule has 1 aromatic carbocycles. The molecule has 0 amide bonds. The monoisotopic (exact) mass is 167 g/mol. The molecule has 0 fully saturated rings. The topological polar surface area (TPSA) is 46.2 Å². The van der Waals surface area contributed by atoms with Gasteiger partial charge < -0.3 is 10.8 Å². The molecule has 0 saturated carbocycles. The Labute approximate surface area is 70.1 Å². The van der Waals surface area contributed by atoms with Crippen LogP contribution < -0.4 is 5.73 Å². The van der Waals surface area contributed by atoms with E-state index in [0.717, 1.165) is 0 Å². The molecule has 0 heterocycles. The number of benzene rings is 1. The second-order valence-electron chi connectivity index (χ2n) is 2.47. The number of hydrogen-bond donors (Lipinski definition) is 2. The van der Waals surface area contributed by atoms with E-state index in [0.29, 0.717) is 11.1 Å². The van der Waals surface area contributed by atoms with Crippen LogP contribution in [0.15, 0.2) is 24.8 Å². The number of phenolic OH excluding ortho intramolecular Hbond substituents is 1. The minimum absolute atomic E-state index is 0.00634. The lowest BCUT2D eigenvalue weighted by Gasteiger charge is -2.04. The molecule has 0 unspecified atom stereocenters.